The van der Waals surface area contributed by atoms with Crippen LogP contribution in [0.25, 0.3) is 10.2 Å². The van der Waals surface area contributed by atoms with E-state index in [1.807, 2.05) is 0 Å². The Kier molecular flexibility index (Phi) is 6.19. The van der Waals surface area contributed by atoms with E-state index >= 15 is 0 Å². The summed E-state index contributed by atoms with van der Waals surface area (Å²) in [5.74, 6) is -0.602. The highest BCUT2D eigenvalue weighted by Gasteiger charge is 2.20. The summed E-state index contributed by atoms with van der Waals surface area (Å²) in [6.07, 6.45) is 4.19. The fourth-order valence-electron chi connectivity index (χ4n) is 3.48. The number of aromatic nitrogens is 2. The lowest BCUT2D eigenvalue weighted by molar-refractivity contribution is -0.113. The molecule has 0 radical (unpaired) electrons. The van der Waals surface area contributed by atoms with Gasteiger partial charge in [0.1, 0.15) is 4.83 Å². The Morgan fingerprint density at radius 1 is 1.30 bits per heavy atom. The number of carbonyl (C=O) groups is 2. The molecule has 1 aliphatic rings. The van der Waals surface area contributed by atoms with Crippen LogP contribution in [0, 0.1) is 0 Å². The summed E-state index contributed by atoms with van der Waals surface area (Å²) in [4.78, 5) is 46.1. The third kappa shape index (κ3) is 4.41. The maximum Gasteiger partial charge on any atom is 0.338 e. The number of esters is 1. The maximum absolute atomic E-state index is 12.6. The molecule has 0 saturated carbocycles. The van der Waals surface area contributed by atoms with Crippen molar-refractivity contribution in [3.63, 3.8) is 0 Å². The van der Waals surface area contributed by atoms with Crippen molar-refractivity contribution in [3.8, 4) is 0 Å². The minimum Gasteiger partial charge on any atom is -0.462 e. The number of hydrogen-bond acceptors (Lipinski definition) is 7. The number of benzene rings is 1. The lowest BCUT2D eigenvalue weighted by Crippen LogP contribution is -2.16. The quantitative estimate of drug-likeness (QED) is 0.342. The van der Waals surface area contributed by atoms with Gasteiger partial charge >= 0.3 is 5.97 Å². The Morgan fingerprint density at radius 3 is 2.97 bits per heavy atom. The van der Waals surface area contributed by atoms with Crippen LogP contribution < -0.4 is 10.9 Å². The number of carbonyl (C=O) groups excluding carboxylic acids is 2. The molecule has 9 heteroatoms. The number of amides is 1. The molecule has 2 heterocycles. The third-order valence-electron chi connectivity index (χ3n) is 4.80. The number of aryl methyl sites for hydroxylation is 2. The molecule has 0 bridgehead atoms. The molecule has 1 aliphatic carbocycles. The molecule has 1 amide bonds. The van der Waals surface area contributed by atoms with Gasteiger partial charge < -0.3 is 15.0 Å². The van der Waals surface area contributed by atoms with Gasteiger partial charge in [-0.15, -0.1) is 11.3 Å². The normalized spacial score (nSPS) is 13.1. The number of ether oxygens (including phenoxy) is 1. The molecule has 4 rings (SSSR count). The summed E-state index contributed by atoms with van der Waals surface area (Å²) >= 11 is 2.76. The van der Waals surface area contributed by atoms with E-state index in [0.29, 0.717) is 21.8 Å². The zero-order valence-corrected chi connectivity index (χ0v) is 18.1. The van der Waals surface area contributed by atoms with Crippen molar-refractivity contribution >= 4 is 50.9 Å². The molecular weight excluding hydrogens is 422 g/mol. The Hall–Kier alpha value is -2.65. The van der Waals surface area contributed by atoms with Gasteiger partial charge in [-0.2, -0.15) is 0 Å². The molecule has 0 aliphatic heterocycles. The number of fused-ring (bicyclic) bond motifs is 3. The second-order valence-corrected chi connectivity index (χ2v) is 8.95. The number of nitrogens with one attached hydrogen (secondary N) is 2. The van der Waals surface area contributed by atoms with Crippen LogP contribution in [-0.4, -0.2) is 34.2 Å². The highest BCUT2D eigenvalue weighted by Crippen LogP contribution is 2.34. The Bertz CT molecular complexity index is 1170. The van der Waals surface area contributed by atoms with E-state index in [2.05, 4.69) is 15.3 Å². The van der Waals surface area contributed by atoms with E-state index in [1.54, 1.807) is 42.5 Å². The minimum atomic E-state index is -0.434. The topological polar surface area (TPSA) is 101 Å². The SMILES string of the molecule is CCOC(=O)c1cccc(NC(=O)CSc2nc3sc4c(c3c(=O)[nH]2)CCCC4)c1. The van der Waals surface area contributed by atoms with Gasteiger partial charge in [0.25, 0.3) is 5.56 Å². The first kappa shape index (κ1) is 20.6. The molecule has 2 N–H and O–H groups in total. The van der Waals surface area contributed by atoms with Crippen LogP contribution in [0.15, 0.2) is 34.2 Å². The molecule has 3 aromatic rings. The zero-order chi connectivity index (χ0) is 21.1. The summed E-state index contributed by atoms with van der Waals surface area (Å²) < 4.78 is 4.97. The van der Waals surface area contributed by atoms with Gasteiger partial charge in [-0.25, -0.2) is 9.78 Å². The number of nitrogens with zero attached hydrogens (tertiary/aromatic N) is 1. The van der Waals surface area contributed by atoms with Crippen LogP contribution in [0.1, 0.15) is 40.6 Å². The summed E-state index contributed by atoms with van der Waals surface area (Å²) in [5, 5.41) is 3.90. The van der Waals surface area contributed by atoms with Gasteiger partial charge in [0.2, 0.25) is 5.91 Å². The number of anilines is 1. The van der Waals surface area contributed by atoms with E-state index in [0.717, 1.165) is 36.1 Å². The second-order valence-electron chi connectivity index (χ2n) is 6.90. The van der Waals surface area contributed by atoms with Crippen molar-refractivity contribution in [1.29, 1.82) is 0 Å². The van der Waals surface area contributed by atoms with Crippen molar-refractivity contribution < 1.29 is 14.3 Å². The lowest BCUT2D eigenvalue weighted by Gasteiger charge is -2.09. The monoisotopic (exact) mass is 443 g/mol. The number of aromatic amines is 1. The molecule has 156 valence electrons. The molecule has 0 atom stereocenters. The van der Waals surface area contributed by atoms with E-state index < -0.39 is 5.97 Å². The van der Waals surface area contributed by atoms with Crippen LogP contribution in [0.2, 0.25) is 0 Å². The van der Waals surface area contributed by atoms with Crippen molar-refractivity contribution in [1.82, 2.24) is 9.97 Å². The van der Waals surface area contributed by atoms with E-state index in [4.69, 9.17) is 4.74 Å². The van der Waals surface area contributed by atoms with Crippen LogP contribution in [0.3, 0.4) is 0 Å². The first-order chi connectivity index (χ1) is 14.5. The average molecular weight is 444 g/mol. The predicted octanol–water partition coefficient (Wildman–Crippen LogP) is 3.77. The number of thioether (sulfide) groups is 1. The molecule has 2 aromatic heterocycles. The maximum atomic E-state index is 12.6. The fourth-order valence-corrected chi connectivity index (χ4v) is 5.46. The Labute approximate surface area is 181 Å². The second kappa shape index (κ2) is 9.01. The van der Waals surface area contributed by atoms with Crippen molar-refractivity contribution in [2.45, 2.75) is 37.8 Å². The van der Waals surface area contributed by atoms with E-state index in [1.165, 1.54) is 16.6 Å². The first-order valence-corrected chi connectivity index (χ1v) is 11.6. The van der Waals surface area contributed by atoms with Crippen LogP contribution in [-0.2, 0) is 22.4 Å². The van der Waals surface area contributed by atoms with Crippen molar-refractivity contribution in [2.24, 2.45) is 0 Å². The van der Waals surface area contributed by atoms with E-state index in [9.17, 15) is 14.4 Å². The van der Waals surface area contributed by atoms with Gasteiger partial charge in [-0.1, -0.05) is 17.8 Å². The van der Waals surface area contributed by atoms with Gasteiger partial charge in [0.15, 0.2) is 5.16 Å². The Balaban J connectivity index is 1.43. The van der Waals surface area contributed by atoms with Crippen LogP contribution in [0.5, 0.6) is 0 Å². The molecule has 0 saturated heterocycles. The summed E-state index contributed by atoms with van der Waals surface area (Å²) in [6, 6.07) is 6.59. The molecule has 1 aromatic carbocycles. The van der Waals surface area contributed by atoms with Gasteiger partial charge in [0.05, 0.1) is 23.3 Å². The summed E-state index contributed by atoms with van der Waals surface area (Å²) in [5.41, 5.74) is 1.89. The third-order valence-corrected chi connectivity index (χ3v) is 6.86. The molecule has 0 spiro atoms. The molecule has 0 unspecified atom stereocenters. The zero-order valence-electron chi connectivity index (χ0n) is 16.4. The molecule has 7 nitrogen and oxygen atoms in total. The number of thiophene rings is 1. The highest BCUT2D eigenvalue weighted by atomic mass is 32.2. The molecule has 30 heavy (non-hydrogen) atoms. The first-order valence-electron chi connectivity index (χ1n) is 9.79. The highest BCUT2D eigenvalue weighted by molar-refractivity contribution is 7.99. The largest absolute Gasteiger partial charge is 0.462 e. The van der Waals surface area contributed by atoms with Crippen molar-refractivity contribution in [2.75, 3.05) is 17.7 Å². The fraction of sp³-hybridized carbons (Fsp3) is 0.333. The number of H-pyrrole nitrogens is 1. The Morgan fingerprint density at radius 2 is 2.13 bits per heavy atom. The van der Waals surface area contributed by atoms with Gasteiger partial charge in [-0.3, -0.25) is 9.59 Å². The molecule has 0 fully saturated rings. The number of rotatable bonds is 6. The average Bonchev–Trinajstić information content (AvgIpc) is 3.11. The van der Waals surface area contributed by atoms with Gasteiger partial charge in [-0.05, 0) is 56.4 Å². The summed E-state index contributed by atoms with van der Waals surface area (Å²) in [6.45, 7) is 2.02. The predicted molar refractivity (Wildman–Crippen MR) is 119 cm³/mol. The standard InChI is InChI=1S/C21H21N3O4S2/c1-2-28-20(27)12-6-5-7-13(10-12)22-16(25)11-29-21-23-18(26)17-14-8-3-4-9-15(14)30-19(17)24-21/h5-7,10H,2-4,8-9,11H2,1H3,(H,22,25)(H,23,24,26). The minimum absolute atomic E-state index is 0.0865. The molecular formula is C21H21N3O4S2. The summed E-state index contributed by atoms with van der Waals surface area (Å²) in [7, 11) is 0. The van der Waals surface area contributed by atoms with Crippen LogP contribution in [0.4, 0.5) is 5.69 Å². The van der Waals surface area contributed by atoms with Crippen LogP contribution >= 0.6 is 23.1 Å². The van der Waals surface area contributed by atoms with Gasteiger partial charge in [0, 0.05) is 10.6 Å². The number of hydrogen-bond donors (Lipinski definition) is 2. The van der Waals surface area contributed by atoms with E-state index in [-0.39, 0.29) is 23.8 Å². The lowest BCUT2D eigenvalue weighted by atomic mass is 9.97. The van der Waals surface area contributed by atoms with Crippen molar-refractivity contribution in [3.05, 3.63) is 50.6 Å². The smallest absolute Gasteiger partial charge is 0.338 e.